The number of piperazine rings is 1. The van der Waals surface area contributed by atoms with Gasteiger partial charge in [-0.2, -0.15) is 0 Å². The van der Waals surface area contributed by atoms with Crippen molar-refractivity contribution in [1.82, 2.24) is 24.8 Å². The molecule has 8 nitrogen and oxygen atoms in total. The largest absolute Gasteiger partial charge is 0.493 e. The summed E-state index contributed by atoms with van der Waals surface area (Å²) >= 11 is 12.7. The third-order valence-electron chi connectivity index (χ3n) is 7.46. The molecular formula is C26H32Cl2N6O2. The Hall–Kier alpha value is -2.52. The van der Waals surface area contributed by atoms with Crippen molar-refractivity contribution in [3.05, 3.63) is 62.6 Å². The maximum atomic E-state index is 11.5. The van der Waals surface area contributed by atoms with Gasteiger partial charge in [0.15, 0.2) is 0 Å². The molecule has 3 aromatic rings. The van der Waals surface area contributed by atoms with Gasteiger partial charge in [0.1, 0.15) is 11.5 Å². The number of hydrogen-bond donors (Lipinski definition) is 3. The summed E-state index contributed by atoms with van der Waals surface area (Å²) in [5.74, 6) is 0.526. The molecule has 192 valence electrons. The molecule has 2 fully saturated rings. The van der Waals surface area contributed by atoms with Crippen molar-refractivity contribution >= 4 is 29.0 Å². The van der Waals surface area contributed by atoms with Crippen LogP contribution in [0.5, 0.6) is 5.88 Å². The summed E-state index contributed by atoms with van der Waals surface area (Å²) in [6, 6.07) is 10.9. The number of piperidine rings is 1. The SMILES string of the molecule is CC[C@H]1CN(c2ncc(-c3[nH]c(=O)[nH]c3O)cc2Cl)CCN1C1CCN(Cc2ccc(Cl)cc2)CC1. The molecule has 0 radical (unpaired) electrons. The average Bonchev–Trinajstić information content (AvgIpc) is 3.23. The smallest absolute Gasteiger partial charge is 0.326 e. The molecular weight excluding hydrogens is 499 g/mol. The van der Waals surface area contributed by atoms with Gasteiger partial charge in [0.05, 0.1) is 5.02 Å². The lowest BCUT2D eigenvalue weighted by atomic mass is 9.98. The van der Waals surface area contributed by atoms with Gasteiger partial charge in [0.2, 0.25) is 5.88 Å². The minimum absolute atomic E-state index is 0.218. The molecule has 0 bridgehead atoms. The number of aromatic amines is 2. The number of halogens is 2. The van der Waals surface area contributed by atoms with Crippen molar-refractivity contribution < 1.29 is 5.11 Å². The van der Waals surface area contributed by atoms with Gasteiger partial charge in [0, 0.05) is 55.0 Å². The standard InChI is InChI=1S/C26H32Cl2N6O2/c1-2-20-16-33(24-22(28)13-18(14-29-24)23-25(35)31-26(36)30-23)11-12-34(20)21-7-9-32(10-8-21)15-17-3-5-19(27)6-4-17/h3-6,13-14,20-21,35H,2,7-12,15-16H2,1H3,(H2,30,31,36)/t20-/m0/s1. The van der Waals surface area contributed by atoms with Gasteiger partial charge in [-0.15, -0.1) is 0 Å². The van der Waals surface area contributed by atoms with Gasteiger partial charge in [-0.05, 0) is 56.1 Å². The molecule has 0 saturated carbocycles. The summed E-state index contributed by atoms with van der Waals surface area (Å²) in [4.78, 5) is 28.5. The predicted octanol–water partition coefficient (Wildman–Crippen LogP) is 4.34. The fourth-order valence-electron chi connectivity index (χ4n) is 5.55. The summed E-state index contributed by atoms with van der Waals surface area (Å²) < 4.78 is 0. The molecule has 1 aromatic carbocycles. The Morgan fingerprint density at radius 2 is 1.83 bits per heavy atom. The van der Waals surface area contributed by atoms with Crippen molar-refractivity contribution in [2.45, 2.75) is 44.8 Å². The van der Waals surface area contributed by atoms with E-state index in [0.29, 0.717) is 28.4 Å². The number of aromatic hydroxyl groups is 1. The summed E-state index contributed by atoms with van der Waals surface area (Å²) in [6.07, 6.45) is 5.06. The van der Waals surface area contributed by atoms with Crippen molar-refractivity contribution in [3.8, 4) is 17.1 Å². The number of aromatic nitrogens is 3. The second kappa shape index (κ2) is 10.8. The number of nitrogens with zero attached hydrogens (tertiary/aromatic N) is 4. The Kier molecular flexibility index (Phi) is 7.57. The van der Waals surface area contributed by atoms with Crippen LogP contribution >= 0.6 is 23.2 Å². The molecule has 0 spiro atoms. The second-order valence-corrected chi connectivity index (χ2v) is 10.6. The lowest BCUT2D eigenvalue weighted by molar-refractivity contribution is 0.0610. The number of imidazole rings is 1. The van der Waals surface area contributed by atoms with Crippen LogP contribution in [0.4, 0.5) is 5.82 Å². The van der Waals surface area contributed by atoms with Crippen LogP contribution in [0.2, 0.25) is 10.0 Å². The van der Waals surface area contributed by atoms with Gasteiger partial charge in [-0.25, -0.2) is 9.78 Å². The van der Waals surface area contributed by atoms with E-state index in [1.807, 2.05) is 12.1 Å². The Labute approximate surface area is 220 Å². The van der Waals surface area contributed by atoms with Crippen LogP contribution in [0.1, 0.15) is 31.7 Å². The predicted molar refractivity (Wildman–Crippen MR) is 144 cm³/mol. The molecule has 3 N–H and O–H groups in total. The van der Waals surface area contributed by atoms with E-state index < -0.39 is 5.69 Å². The van der Waals surface area contributed by atoms with Crippen LogP contribution in [0, 0.1) is 0 Å². The lowest BCUT2D eigenvalue weighted by Gasteiger charge is -2.47. The molecule has 5 rings (SSSR count). The van der Waals surface area contributed by atoms with E-state index in [2.05, 4.69) is 48.7 Å². The molecule has 10 heteroatoms. The number of hydrogen-bond acceptors (Lipinski definition) is 6. The third-order valence-corrected chi connectivity index (χ3v) is 7.99. The molecule has 4 heterocycles. The second-order valence-electron chi connectivity index (χ2n) is 9.71. The molecule has 0 amide bonds. The number of H-pyrrole nitrogens is 2. The van der Waals surface area contributed by atoms with E-state index >= 15 is 0 Å². The van der Waals surface area contributed by atoms with E-state index in [1.54, 1.807) is 12.3 Å². The molecule has 36 heavy (non-hydrogen) atoms. The van der Waals surface area contributed by atoms with Crippen LogP contribution in [0.25, 0.3) is 11.3 Å². The van der Waals surface area contributed by atoms with Crippen LogP contribution in [-0.2, 0) is 6.54 Å². The summed E-state index contributed by atoms with van der Waals surface area (Å²) in [5.41, 5.74) is 1.70. The first-order chi connectivity index (χ1) is 17.4. The number of anilines is 1. The lowest BCUT2D eigenvalue weighted by Crippen LogP contribution is -2.58. The summed E-state index contributed by atoms with van der Waals surface area (Å²) in [7, 11) is 0. The molecule has 2 aliphatic rings. The molecule has 2 aromatic heterocycles. The van der Waals surface area contributed by atoms with Gasteiger partial charge in [-0.3, -0.25) is 14.8 Å². The minimum atomic E-state index is -0.472. The van der Waals surface area contributed by atoms with Crippen molar-refractivity contribution in [3.63, 3.8) is 0 Å². The van der Waals surface area contributed by atoms with Gasteiger partial charge < -0.3 is 15.0 Å². The summed E-state index contributed by atoms with van der Waals surface area (Å²) in [6.45, 7) is 8.15. The maximum absolute atomic E-state index is 11.5. The zero-order chi connectivity index (χ0) is 25.2. The monoisotopic (exact) mass is 530 g/mol. The van der Waals surface area contributed by atoms with Crippen LogP contribution in [0.15, 0.2) is 41.3 Å². The van der Waals surface area contributed by atoms with Gasteiger partial charge in [0.25, 0.3) is 0 Å². The highest BCUT2D eigenvalue weighted by Gasteiger charge is 2.34. The zero-order valence-corrected chi connectivity index (χ0v) is 21.9. The number of benzene rings is 1. The van der Waals surface area contributed by atoms with Crippen LogP contribution in [-0.4, -0.2) is 74.7 Å². The maximum Gasteiger partial charge on any atom is 0.326 e. The number of rotatable bonds is 6. The molecule has 0 aliphatic carbocycles. The first kappa shape index (κ1) is 25.1. The Morgan fingerprint density at radius 3 is 2.47 bits per heavy atom. The molecule has 2 saturated heterocycles. The average molecular weight is 531 g/mol. The fraction of sp³-hybridized carbons (Fsp3) is 0.462. The minimum Gasteiger partial charge on any atom is -0.493 e. The van der Waals surface area contributed by atoms with Gasteiger partial charge in [-0.1, -0.05) is 42.3 Å². The highest BCUT2D eigenvalue weighted by Crippen LogP contribution is 2.33. The normalized spacial score (nSPS) is 20.2. The number of nitrogens with one attached hydrogen (secondary N) is 2. The van der Waals surface area contributed by atoms with E-state index in [1.165, 1.54) is 18.4 Å². The van der Waals surface area contributed by atoms with Crippen LogP contribution in [0.3, 0.4) is 0 Å². The van der Waals surface area contributed by atoms with Crippen molar-refractivity contribution in [1.29, 1.82) is 0 Å². The van der Waals surface area contributed by atoms with Crippen LogP contribution < -0.4 is 10.6 Å². The first-order valence-corrected chi connectivity index (χ1v) is 13.3. The summed E-state index contributed by atoms with van der Waals surface area (Å²) in [5, 5.41) is 11.2. The van der Waals surface area contributed by atoms with E-state index in [9.17, 15) is 9.90 Å². The van der Waals surface area contributed by atoms with Crippen molar-refractivity contribution in [2.24, 2.45) is 0 Å². The zero-order valence-electron chi connectivity index (χ0n) is 20.4. The Balaban J connectivity index is 1.20. The van der Waals surface area contributed by atoms with E-state index in [-0.39, 0.29) is 5.88 Å². The fourth-order valence-corrected chi connectivity index (χ4v) is 5.96. The quantitative estimate of drug-likeness (QED) is 0.439. The molecule has 1 atom stereocenters. The molecule has 2 aliphatic heterocycles. The Bertz CT molecular complexity index is 1240. The van der Waals surface area contributed by atoms with E-state index in [0.717, 1.165) is 56.5 Å². The van der Waals surface area contributed by atoms with Gasteiger partial charge >= 0.3 is 5.69 Å². The number of likely N-dealkylation sites (tertiary alicyclic amines) is 1. The number of pyridine rings is 1. The van der Waals surface area contributed by atoms with Crippen molar-refractivity contribution in [2.75, 3.05) is 37.6 Å². The highest BCUT2D eigenvalue weighted by atomic mass is 35.5. The van der Waals surface area contributed by atoms with E-state index in [4.69, 9.17) is 23.2 Å². The topological polar surface area (TPSA) is 91.5 Å². The highest BCUT2D eigenvalue weighted by molar-refractivity contribution is 6.33. The third kappa shape index (κ3) is 5.42. The first-order valence-electron chi connectivity index (χ1n) is 12.6. The Morgan fingerprint density at radius 1 is 1.08 bits per heavy atom. The molecule has 0 unspecified atom stereocenters.